The van der Waals surface area contributed by atoms with Crippen molar-refractivity contribution in [3.8, 4) is 0 Å². The number of amides is 2. The molecule has 2 aromatic rings. The van der Waals surface area contributed by atoms with E-state index in [1.807, 2.05) is 20.0 Å². The third kappa shape index (κ3) is 4.28. The molecule has 0 atom stereocenters. The molecule has 0 radical (unpaired) electrons. The van der Waals surface area contributed by atoms with Crippen molar-refractivity contribution in [1.82, 2.24) is 20.0 Å². The van der Waals surface area contributed by atoms with Gasteiger partial charge in [-0.2, -0.15) is 5.10 Å². The highest BCUT2D eigenvalue weighted by Gasteiger charge is 2.23. The molecule has 0 bridgehead atoms. The SMILES string of the molecule is Cc1nn(C)c(N2CCNCC2)c1NC(=O)CN(C)C(=O)c1ccccc1. The van der Waals surface area contributed by atoms with Gasteiger partial charge in [-0.1, -0.05) is 18.2 Å². The van der Waals surface area contributed by atoms with Crippen molar-refractivity contribution in [2.45, 2.75) is 6.92 Å². The number of aryl methyl sites for hydroxylation is 2. The fourth-order valence-electron chi connectivity index (χ4n) is 3.30. The van der Waals surface area contributed by atoms with Crippen molar-refractivity contribution in [2.75, 3.05) is 50.0 Å². The normalized spacial score (nSPS) is 14.1. The second-order valence-electron chi connectivity index (χ2n) is 6.72. The number of rotatable bonds is 5. The molecular weight excluding hydrogens is 344 g/mol. The van der Waals surface area contributed by atoms with Crippen LogP contribution in [0.25, 0.3) is 0 Å². The van der Waals surface area contributed by atoms with E-state index in [2.05, 4.69) is 20.6 Å². The van der Waals surface area contributed by atoms with E-state index in [9.17, 15) is 9.59 Å². The van der Waals surface area contributed by atoms with E-state index in [-0.39, 0.29) is 18.4 Å². The van der Waals surface area contributed by atoms with Crippen LogP contribution < -0.4 is 15.5 Å². The Morgan fingerprint density at radius 3 is 2.56 bits per heavy atom. The highest BCUT2D eigenvalue weighted by atomic mass is 16.2. The van der Waals surface area contributed by atoms with Crippen LogP contribution in [0.2, 0.25) is 0 Å². The van der Waals surface area contributed by atoms with Crippen LogP contribution in [0.4, 0.5) is 11.5 Å². The lowest BCUT2D eigenvalue weighted by molar-refractivity contribution is -0.116. The number of likely N-dealkylation sites (N-methyl/N-ethyl adjacent to an activating group) is 1. The molecular formula is C19H26N6O2. The van der Waals surface area contributed by atoms with Crippen LogP contribution in [0.15, 0.2) is 30.3 Å². The molecule has 1 aromatic heterocycles. The van der Waals surface area contributed by atoms with E-state index in [1.54, 1.807) is 36.0 Å². The van der Waals surface area contributed by atoms with E-state index < -0.39 is 0 Å². The lowest BCUT2D eigenvalue weighted by Crippen LogP contribution is -2.44. The minimum Gasteiger partial charge on any atom is -0.353 e. The minimum atomic E-state index is -0.241. The Morgan fingerprint density at radius 2 is 1.89 bits per heavy atom. The molecule has 0 spiro atoms. The molecule has 0 aliphatic carbocycles. The highest BCUT2D eigenvalue weighted by molar-refractivity contribution is 6.00. The van der Waals surface area contributed by atoms with Gasteiger partial charge >= 0.3 is 0 Å². The van der Waals surface area contributed by atoms with Gasteiger partial charge < -0.3 is 20.4 Å². The highest BCUT2D eigenvalue weighted by Crippen LogP contribution is 2.29. The molecule has 2 amide bonds. The first-order chi connectivity index (χ1) is 13.0. The molecule has 1 aliphatic rings. The zero-order chi connectivity index (χ0) is 19.4. The number of anilines is 2. The Bertz CT molecular complexity index is 811. The molecule has 1 fully saturated rings. The van der Waals surface area contributed by atoms with E-state index >= 15 is 0 Å². The van der Waals surface area contributed by atoms with Gasteiger partial charge in [-0.3, -0.25) is 14.3 Å². The Balaban J connectivity index is 1.70. The summed E-state index contributed by atoms with van der Waals surface area (Å²) in [5.41, 5.74) is 2.04. The summed E-state index contributed by atoms with van der Waals surface area (Å²) in [5, 5.41) is 10.7. The van der Waals surface area contributed by atoms with Crippen molar-refractivity contribution in [3.05, 3.63) is 41.6 Å². The number of piperazine rings is 1. The van der Waals surface area contributed by atoms with Gasteiger partial charge in [-0.25, -0.2) is 0 Å². The lowest BCUT2D eigenvalue weighted by atomic mass is 10.2. The Labute approximate surface area is 159 Å². The van der Waals surface area contributed by atoms with Gasteiger partial charge in [0.25, 0.3) is 5.91 Å². The maximum Gasteiger partial charge on any atom is 0.254 e. The summed E-state index contributed by atoms with van der Waals surface area (Å²) < 4.78 is 1.80. The van der Waals surface area contributed by atoms with E-state index in [1.165, 1.54) is 4.90 Å². The van der Waals surface area contributed by atoms with Crippen molar-refractivity contribution in [3.63, 3.8) is 0 Å². The average Bonchev–Trinajstić information content (AvgIpc) is 2.95. The molecule has 1 aromatic carbocycles. The summed E-state index contributed by atoms with van der Waals surface area (Å²) in [6.45, 7) is 5.35. The van der Waals surface area contributed by atoms with Gasteiger partial charge in [0.1, 0.15) is 5.69 Å². The maximum absolute atomic E-state index is 12.6. The summed E-state index contributed by atoms with van der Waals surface area (Å²) in [5.74, 6) is 0.477. The summed E-state index contributed by atoms with van der Waals surface area (Å²) in [6.07, 6.45) is 0. The first kappa shape index (κ1) is 18.9. The molecule has 27 heavy (non-hydrogen) atoms. The van der Waals surface area contributed by atoms with Crippen LogP contribution in [0.5, 0.6) is 0 Å². The zero-order valence-corrected chi connectivity index (χ0v) is 16.0. The molecule has 0 saturated carbocycles. The zero-order valence-electron chi connectivity index (χ0n) is 16.0. The van der Waals surface area contributed by atoms with E-state index in [4.69, 9.17) is 0 Å². The van der Waals surface area contributed by atoms with Crippen molar-refractivity contribution < 1.29 is 9.59 Å². The monoisotopic (exact) mass is 370 g/mol. The molecule has 2 heterocycles. The average molecular weight is 370 g/mol. The van der Waals surface area contributed by atoms with Crippen molar-refractivity contribution >= 4 is 23.3 Å². The smallest absolute Gasteiger partial charge is 0.254 e. The molecule has 8 heteroatoms. The van der Waals surface area contributed by atoms with Crippen molar-refractivity contribution in [2.24, 2.45) is 7.05 Å². The Morgan fingerprint density at radius 1 is 1.22 bits per heavy atom. The lowest BCUT2D eigenvalue weighted by Gasteiger charge is -2.30. The van der Waals surface area contributed by atoms with Gasteiger partial charge in [0.05, 0.1) is 12.2 Å². The quantitative estimate of drug-likeness (QED) is 0.815. The number of nitrogens with zero attached hydrogens (tertiary/aromatic N) is 4. The van der Waals surface area contributed by atoms with Gasteiger partial charge in [0.2, 0.25) is 5.91 Å². The third-order valence-corrected chi connectivity index (χ3v) is 4.62. The minimum absolute atomic E-state index is 0.0247. The first-order valence-electron chi connectivity index (χ1n) is 9.07. The largest absolute Gasteiger partial charge is 0.353 e. The summed E-state index contributed by atoms with van der Waals surface area (Å²) in [6, 6.07) is 8.95. The maximum atomic E-state index is 12.6. The number of hydrogen-bond acceptors (Lipinski definition) is 5. The number of carbonyl (C=O) groups is 2. The van der Waals surface area contributed by atoms with Crippen LogP contribution in [0, 0.1) is 6.92 Å². The Hall–Kier alpha value is -2.87. The molecule has 2 N–H and O–H groups in total. The number of benzene rings is 1. The van der Waals surface area contributed by atoms with Crippen LogP contribution in [0.3, 0.4) is 0 Å². The fraction of sp³-hybridized carbons (Fsp3) is 0.421. The third-order valence-electron chi connectivity index (χ3n) is 4.62. The molecule has 3 rings (SSSR count). The molecule has 8 nitrogen and oxygen atoms in total. The van der Waals surface area contributed by atoms with Crippen LogP contribution in [0.1, 0.15) is 16.1 Å². The second kappa shape index (κ2) is 8.22. The van der Waals surface area contributed by atoms with Gasteiger partial charge in [-0.05, 0) is 19.1 Å². The van der Waals surface area contributed by atoms with E-state index in [0.717, 1.165) is 37.7 Å². The summed E-state index contributed by atoms with van der Waals surface area (Å²) in [7, 11) is 3.51. The number of aromatic nitrogens is 2. The van der Waals surface area contributed by atoms with E-state index in [0.29, 0.717) is 11.3 Å². The summed E-state index contributed by atoms with van der Waals surface area (Å²) in [4.78, 5) is 28.6. The van der Waals surface area contributed by atoms with Crippen LogP contribution in [-0.2, 0) is 11.8 Å². The Kier molecular flexibility index (Phi) is 5.75. The van der Waals surface area contributed by atoms with Crippen LogP contribution in [-0.4, -0.2) is 66.3 Å². The number of nitrogens with one attached hydrogen (secondary N) is 2. The fourth-order valence-corrected chi connectivity index (χ4v) is 3.30. The van der Waals surface area contributed by atoms with Crippen molar-refractivity contribution in [1.29, 1.82) is 0 Å². The molecule has 0 unspecified atom stereocenters. The second-order valence-corrected chi connectivity index (χ2v) is 6.72. The van der Waals surface area contributed by atoms with Gasteiger partial charge in [-0.15, -0.1) is 0 Å². The number of hydrogen-bond donors (Lipinski definition) is 2. The van der Waals surface area contributed by atoms with Gasteiger partial charge in [0.15, 0.2) is 5.82 Å². The van der Waals surface area contributed by atoms with Gasteiger partial charge in [0, 0.05) is 45.8 Å². The van der Waals surface area contributed by atoms with Crippen LogP contribution >= 0.6 is 0 Å². The first-order valence-corrected chi connectivity index (χ1v) is 9.07. The topological polar surface area (TPSA) is 82.5 Å². The predicted molar refractivity (Wildman–Crippen MR) is 105 cm³/mol. The standard InChI is InChI=1S/C19H26N6O2/c1-14-17(18(24(3)22-14)25-11-9-20-10-12-25)21-16(26)13-23(2)19(27)15-7-5-4-6-8-15/h4-8,20H,9-13H2,1-3H3,(H,21,26). The number of carbonyl (C=O) groups excluding carboxylic acids is 2. The summed E-state index contributed by atoms with van der Waals surface area (Å²) >= 11 is 0. The predicted octanol–water partition coefficient (Wildman–Crippen LogP) is 0.849. The molecule has 1 saturated heterocycles. The molecule has 1 aliphatic heterocycles. The molecule has 144 valence electrons.